The average Bonchev–Trinajstić information content (AvgIpc) is 2.19. The molecule has 0 heterocycles. The van der Waals surface area contributed by atoms with E-state index >= 15 is 0 Å². The van der Waals surface area contributed by atoms with E-state index in [-0.39, 0.29) is 41.7 Å². The molecule has 0 fully saturated rings. The van der Waals surface area contributed by atoms with Gasteiger partial charge >= 0.3 is 18.3 Å². The second kappa shape index (κ2) is 19.6. The topological polar surface area (TPSA) is 226 Å². The van der Waals surface area contributed by atoms with Crippen molar-refractivity contribution in [3.05, 3.63) is 0 Å². The van der Waals surface area contributed by atoms with E-state index in [2.05, 4.69) is 17.5 Å². The van der Waals surface area contributed by atoms with Crippen LogP contribution >= 0.6 is 0 Å². The molecule has 12 nitrogen and oxygen atoms in total. The third-order valence-corrected chi connectivity index (χ3v) is 0.370. The summed E-state index contributed by atoms with van der Waals surface area (Å²) in [6.45, 7) is 0. The number of carboxylic acid groups (broad SMARTS) is 3. The fraction of sp³-hybridized carbons (Fsp3) is 0. The van der Waals surface area contributed by atoms with Crippen LogP contribution in [0.2, 0.25) is 0 Å². The maximum atomic E-state index is 9.13. The summed E-state index contributed by atoms with van der Waals surface area (Å²) in [4.78, 5) is 27.4. The first-order valence-electron chi connectivity index (χ1n) is 2.90. The number of hydrogen-bond donors (Lipinski definition) is 9. The predicted octanol–water partition coefficient (Wildman–Crippen LogP) is -2.62. The third-order valence-electron chi connectivity index (χ3n) is 0.370. The Morgan fingerprint density at radius 2 is 0.750 bits per heavy atom. The molecule has 0 aromatic rings. The van der Waals surface area contributed by atoms with Gasteiger partial charge in [-0.2, -0.15) is 0 Å². The van der Waals surface area contributed by atoms with E-state index in [1.807, 2.05) is 0 Å². The Labute approximate surface area is 123 Å². The Balaban J connectivity index is -0.0000000655. The van der Waals surface area contributed by atoms with Crippen LogP contribution in [-0.2, 0) is 0 Å². The maximum Gasteiger partial charge on any atom is 0.418 e. The molecule has 0 aliphatic heterocycles. The van der Waals surface area contributed by atoms with E-state index < -0.39 is 18.3 Å². The van der Waals surface area contributed by atoms with E-state index in [0.29, 0.717) is 0 Å². The van der Waals surface area contributed by atoms with Crippen LogP contribution in [0.25, 0.3) is 0 Å². The van der Waals surface area contributed by atoms with Gasteiger partial charge in [-0.05, 0) is 0 Å². The van der Waals surface area contributed by atoms with Crippen molar-refractivity contribution in [2.75, 3.05) is 0 Å². The van der Waals surface area contributed by atoms with E-state index in [1.165, 1.54) is 16.3 Å². The van der Waals surface area contributed by atoms with Crippen molar-refractivity contribution in [3.8, 4) is 0 Å². The Morgan fingerprint density at radius 1 is 0.688 bits per heavy atom. The third kappa shape index (κ3) is 74.1. The number of nitrogens with one attached hydrogen (secondary N) is 3. The van der Waals surface area contributed by atoms with Gasteiger partial charge in [-0.25, -0.2) is 31.9 Å². The molecule has 0 bridgehead atoms. The Kier molecular flexibility index (Phi) is 29.8. The van der Waals surface area contributed by atoms with Gasteiger partial charge in [-0.1, -0.05) is 0 Å². The Hall–Kier alpha value is -0.933. The summed E-state index contributed by atoms with van der Waals surface area (Å²) in [6.07, 6.45) is -3.65. The quantitative estimate of drug-likeness (QED) is 0.124. The molecule has 0 aliphatic rings. The number of hydrogen-bond acceptors (Lipinski definition) is 6. The first-order chi connectivity index (χ1) is 6.81. The predicted molar refractivity (Wildman–Crippen MR) is 46.0 cm³/mol. The van der Waals surface area contributed by atoms with Crippen molar-refractivity contribution in [2.24, 2.45) is 17.5 Å². The number of nitrogens with two attached hydrogens (primary N) is 3. The van der Waals surface area contributed by atoms with Gasteiger partial charge in [0.1, 0.15) is 0 Å². The molecule has 13 heteroatoms. The largest absolute Gasteiger partial charge is 0.464 e. The molecule has 94 valence electrons. The van der Waals surface area contributed by atoms with Crippen LogP contribution in [-0.4, -0.2) is 33.6 Å². The van der Waals surface area contributed by atoms with Gasteiger partial charge in [-0.15, -0.1) is 0 Å². The zero-order valence-corrected chi connectivity index (χ0v) is 10.9. The molecule has 0 aromatic carbocycles. The first kappa shape index (κ1) is 24.3. The number of carbonyl (C=O) groups is 3. The van der Waals surface area contributed by atoms with Gasteiger partial charge in [0.25, 0.3) is 0 Å². The summed E-state index contributed by atoms with van der Waals surface area (Å²) < 4.78 is 0. The van der Waals surface area contributed by atoms with Crippen LogP contribution < -0.4 is 33.8 Å². The Bertz CT molecular complexity index is 167. The summed E-state index contributed by atoms with van der Waals surface area (Å²) >= 11 is 0. The van der Waals surface area contributed by atoms with E-state index in [4.69, 9.17) is 29.7 Å². The summed E-state index contributed by atoms with van der Waals surface area (Å²) in [5, 5.41) is 22.5. The maximum absolute atomic E-state index is 9.13. The second-order valence-corrected chi connectivity index (χ2v) is 1.35. The molecule has 12 N–H and O–H groups in total. The molecule has 0 aliphatic carbocycles. The second-order valence-electron chi connectivity index (χ2n) is 1.35. The minimum absolute atomic E-state index is 0. The van der Waals surface area contributed by atoms with Crippen molar-refractivity contribution in [1.82, 2.24) is 16.3 Å². The molecule has 0 atom stereocenters. The number of hydrazine groups is 3. The molecule has 0 unspecified atom stereocenters. The average molecular weight is 368 g/mol. The van der Waals surface area contributed by atoms with E-state index in [0.717, 1.165) is 0 Å². The van der Waals surface area contributed by atoms with Crippen molar-refractivity contribution >= 4 is 18.3 Å². The molecule has 0 aromatic heterocycles. The molecule has 0 rings (SSSR count). The zero-order chi connectivity index (χ0) is 12.9. The summed E-state index contributed by atoms with van der Waals surface area (Å²) in [5.74, 6) is 13.0. The molecular formula is C3H12CeN6O6. The molecule has 16 heavy (non-hydrogen) atoms. The first-order valence-corrected chi connectivity index (χ1v) is 2.90. The van der Waals surface area contributed by atoms with Gasteiger partial charge in [0.05, 0.1) is 0 Å². The van der Waals surface area contributed by atoms with Gasteiger partial charge in [0.15, 0.2) is 0 Å². The van der Waals surface area contributed by atoms with Crippen molar-refractivity contribution < 1.29 is 71.5 Å². The Morgan fingerprint density at radius 3 is 0.750 bits per heavy atom. The molecule has 3 amide bonds. The van der Waals surface area contributed by atoms with Crippen molar-refractivity contribution in [2.45, 2.75) is 0 Å². The SMILES string of the molecule is NNC(=O)O.NNC(=O)O.NNC(=O)O.[Ce]. The molecule has 0 radical (unpaired) electrons. The number of rotatable bonds is 0. The minimum atomic E-state index is -1.22. The van der Waals surface area contributed by atoms with Gasteiger partial charge in [0, 0.05) is 41.7 Å². The molecule has 0 saturated heterocycles. The molecule has 0 saturated carbocycles. The van der Waals surface area contributed by atoms with Crippen LogP contribution in [0.1, 0.15) is 0 Å². The standard InChI is InChI=1S/3CH4N2O2.Ce/c3*2-3-1(4)5;/h3*3H,2H2,(H,4,5);. The number of amides is 3. The van der Waals surface area contributed by atoms with Gasteiger partial charge < -0.3 is 15.3 Å². The summed E-state index contributed by atoms with van der Waals surface area (Å²) in [6, 6.07) is 0. The van der Waals surface area contributed by atoms with Crippen molar-refractivity contribution in [3.63, 3.8) is 0 Å². The van der Waals surface area contributed by atoms with Crippen LogP contribution in [0.15, 0.2) is 0 Å². The van der Waals surface area contributed by atoms with E-state index in [1.54, 1.807) is 0 Å². The van der Waals surface area contributed by atoms with E-state index in [9.17, 15) is 0 Å². The summed E-state index contributed by atoms with van der Waals surface area (Å²) in [7, 11) is 0. The summed E-state index contributed by atoms with van der Waals surface area (Å²) in [5.41, 5.74) is 4.33. The fourth-order valence-corrected chi connectivity index (χ4v) is 0. The van der Waals surface area contributed by atoms with Crippen molar-refractivity contribution in [1.29, 1.82) is 0 Å². The van der Waals surface area contributed by atoms with Crippen LogP contribution in [0.3, 0.4) is 0 Å². The van der Waals surface area contributed by atoms with Crippen LogP contribution in [0, 0.1) is 41.7 Å². The minimum Gasteiger partial charge on any atom is -0.464 e. The van der Waals surface area contributed by atoms with Crippen LogP contribution in [0.5, 0.6) is 0 Å². The molecule has 0 spiro atoms. The molecular weight excluding hydrogens is 356 g/mol. The smallest absolute Gasteiger partial charge is 0.418 e. The van der Waals surface area contributed by atoms with Gasteiger partial charge in [-0.3, -0.25) is 16.3 Å². The monoisotopic (exact) mass is 368 g/mol. The van der Waals surface area contributed by atoms with Crippen LogP contribution in [0.4, 0.5) is 14.4 Å². The zero-order valence-electron chi connectivity index (χ0n) is 7.80. The fourth-order valence-electron chi connectivity index (χ4n) is 0. The normalized spacial score (nSPS) is 6.19. The van der Waals surface area contributed by atoms with Gasteiger partial charge in [0.2, 0.25) is 0 Å².